The Balaban J connectivity index is 2.50. The molecule has 0 aliphatic rings. The minimum absolute atomic E-state index is 0.150. The third kappa shape index (κ3) is 2.42. The van der Waals surface area contributed by atoms with Gasteiger partial charge in [0.25, 0.3) is 0 Å². The first-order valence-electron chi connectivity index (χ1n) is 6.21. The van der Waals surface area contributed by atoms with E-state index < -0.39 is 40.0 Å². The van der Waals surface area contributed by atoms with Gasteiger partial charge in [0, 0.05) is 5.38 Å². The lowest BCUT2D eigenvalue weighted by atomic mass is 10.1. The van der Waals surface area contributed by atoms with Gasteiger partial charge in [-0.3, -0.25) is 4.79 Å². The summed E-state index contributed by atoms with van der Waals surface area (Å²) in [7, 11) is 0. The highest BCUT2D eigenvalue weighted by Crippen LogP contribution is 2.40. The highest BCUT2D eigenvalue weighted by atomic mass is 32.1. The van der Waals surface area contributed by atoms with E-state index in [2.05, 4.69) is 4.98 Å². The van der Waals surface area contributed by atoms with Crippen molar-refractivity contribution in [3.05, 3.63) is 38.5 Å². The third-order valence-electron chi connectivity index (χ3n) is 3.15. The lowest BCUT2D eigenvalue weighted by Gasteiger charge is -2.12. The number of benzene rings is 1. The number of fused-ring (bicyclic) bond motifs is 1. The molecule has 0 unspecified atom stereocenters. The molecule has 3 rings (SSSR count). The van der Waals surface area contributed by atoms with Crippen molar-refractivity contribution in [1.82, 2.24) is 4.98 Å². The SMILES string of the molecule is Cc1nc(-c2c(C(F)(F)F)oc3c(O)c(O)ccc3c2=O)cs1. The fourth-order valence-electron chi connectivity index (χ4n) is 2.14. The molecule has 120 valence electrons. The molecule has 0 fully saturated rings. The molecule has 5 nitrogen and oxygen atoms in total. The number of halogens is 3. The topological polar surface area (TPSA) is 83.6 Å². The predicted molar refractivity (Wildman–Crippen MR) is 76.7 cm³/mol. The van der Waals surface area contributed by atoms with Crippen molar-refractivity contribution in [2.45, 2.75) is 13.1 Å². The number of hydrogen-bond donors (Lipinski definition) is 2. The first-order valence-corrected chi connectivity index (χ1v) is 7.09. The molecule has 0 amide bonds. The van der Waals surface area contributed by atoms with E-state index in [0.717, 1.165) is 23.5 Å². The molecule has 1 aromatic carbocycles. The van der Waals surface area contributed by atoms with Crippen molar-refractivity contribution >= 4 is 22.3 Å². The lowest BCUT2D eigenvalue weighted by Crippen LogP contribution is -2.16. The van der Waals surface area contributed by atoms with Crippen molar-refractivity contribution in [2.75, 3.05) is 0 Å². The molecular weight excluding hydrogens is 335 g/mol. The first-order chi connectivity index (χ1) is 10.7. The quantitative estimate of drug-likeness (QED) is 0.659. The summed E-state index contributed by atoms with van der Waals surface area (Å²) < 4.78 is 44.6. The summed E-state index contributed by atoms with van der Waals surface area (Å²) in [6, 6.07) is 2.08. The molecular formula is C14H8F3NO4S. The second kappa shape index (κ2) is 4.98. The van der Waals surface area contributed by atoms with E-state index in [4.69, 9.17) is 4.42 Å². The number of aryl methyl sites for hydroxylation is 1. The second-order valence-corrected chi connectivity index (χ2v) is 5.76. The van der Waals surface area contributed by atoms with Gasteiger partial charge in [-0.2, -0.15) is 13.2 Å². The summed E-state index contributed by atoms with van der Waals surface area (Å²) in [6.07, 6.45) is -4.97. The van der Waals surface area contributed by atoms with E-state index in [1.807, 2.05) is 0 Å². The molecule has 0 spiro atoms. The Bertz CT molecular complexity index is 975. The van der Waals surface area contributed by atoms with Crippen LogP contribution in [0.4, 0.5) is 13.2 Å². The molecule has 0 aliphatic carbocycles. The normalized spacial score (nSPS) is 12.0. The second-order valence-electron chi connectivity index (χ2n) is 4.69. The number of phenolic OH excluding ortho intramolecular Hbond substituents is 2. The van der Waals surface area contributed by atoms with Crippen molar-refractivity contribution < 1.29 is 27.8 Å². The maximum absolute atomic E-state index is 13.3. The van der Waals surface area contributed by atoms with Gasteiger partial charge in [0.05, 0.1) is 21.7 Å². The number of aromatic hydroxyl groups is 2. The largest absolute Gasteiger partial charge is 0.504 e. The van der Waals surface area contributed by atoms with Gasteiger partial charge in [0.15, 0.2) is 11.3 Å². The summed E-state index contributed by atoms with van der Waals surface area (Å²) in [4.78, 5) is 16.4. The molecule has 2 heterocycles. The van der Waals surface area contributed by atoms with Gasteiger partial charge >= 0.3 is 6.18 Å². The number of phenols is 2. The van der Waals surface area contributed by atoms with Crippen molar-refractivity contribution in [3.8, 4) is 22.8 Å². The van der Waals surface area contributed by atoms with Crippen LogP contribution in [0.1, 0.15) is 10.8 Å². The van der Waals surface area contributed by atoms with Gasteiger partial charge in [-0.05, 0) is 19.1 Å². The number of rotatable bonds is 1. The molecule has 3 aromatic rings. The number of thiazole rings is 1. The fourth-order valence-corrected chi connectivity index (χ4v) is 2.75. The number of hydrogen-bond acceptors (Lipinski definition) is 6. The van der Waals surface area contributed by atoms with Gasteiger partial charge in [-0.25, -0.2) is 4.98 Å². The molecule has 0 aliphatic heterocycles. The molecule has 2 aromatic heterocycles. The molecule has 2 N–H and O–H groups in total. The molecule has 0 saturated carbocycles. The summed E-state index contributed by atoms with van der Waals surface area (Å²) >= 11 is 1.09. The smallest absolute Gasteiger partial charge is 0.450 e. The number of nitrogens with zero attached hydrogens (tertiary/aromatic N) is 1. The lowest BCUT2D eigenvalue weighted by molar-refractivity contribution is -0.152. The van der Waals surface area contributed by atoms with Crippen LogP contribution in [0.15, 0.2) is 26.7 Å². The van der Waals surface area contributed by atoms with E-state index in [9.17, 15) is 28.2 Å². The Hall–Kier alpha value is -2.55. The van der Waals surface area contributed by atoms with Crippen LogP contribution >= 0.6 is 11.3 Å². The Labute approximate surface area is 130 Å². The van der Waals surface area contributed by atoms with Crippen molar-refractivity contribution in [1.29, 1.82) is 0 Å². The predicted octanol–water partition coefficient (Wildman–Crippen LogP) is 3.65. The molecule has 0 saturated heterocycles. The number of alkyl halides is 3. The molecule has 0 bridgehead atoms. The molecule has 0 atom stereocenters. The van der Waals surface area contributed by atoms with E-state index in [-0.39, 0.29) is 11.1 Å². The van der Waals surface area contributed by atoms with Gasteiger partial charge in [-0.1, -0.05) is 0 Å². The Morgan fingerprint density at radius 2 is 1.96 bits per heavy atom. The van der Waals surface area contributed by atoms with Crippen LogP contribution in [0, 0.1) is 6.92 Å². The van der Waals surface area contributed by atoms with Crippen LogP contribution < -0.4 is 5.43 Å². The summed E-state index contributed by atoms with van der Waals surface area (Å²) in [6.45, 7) is 1.59. The average Bonchev–Trinajstić information content (AvgIpc) is 2.88. The van der Waals surface area contributed by atoms with E-state index in [1.54, 1.807) is 6.92 Å². The first kappa shape index (κ1) is 15.3. The molecule has 23 heavy (non-hydrogen) atoms. The molecule has 0 radical (unpaired) electrons. The maximum atomic E-state index is 13.3. The minimum Gasteiger partial charge on any atom is -0.504 e. The van der Waals surface area contributed by atoms with Gasteiger partial charge in [0.2, 0.25) is 16.9 Å². The standard InChI is InChI=1S/C14H8F3NO4S/c1-5-18-7(4-23-5)9-10(20)6-2-3-8(19)11(21)12(6)22-13(9)14(15,16)17/h2-4,19,21H,1H3. The number of aromatic nitrogens is 1. The van der Waals surface area contributed by atoms with Crippen LogP contribution in [-0.4, -0.2) is 15.2 Å². The average molecular weight is 343 g/mol. The Morgan fingerprint density at radius 3 is 2.52 bits per heavy atom. The van der Waals surface area contributed by atoms with E-state index >= 15 is 0 Å². The van der Waals surface area contributed by atoms with Gasteiger partial charge in [-0.15, -0.1) is 11.3 Å². The van der Waals surface area contributed by atoms with Gasteiger partial charge in [0.1, 0.15) is 0 Å². The Kier molecular flexibility index (Phi) is 3.33. The third-order valence-corrected chi connectivity index (χ3v) is 3.92. The van der Waals surface area contributed by atoms with Crippen molar-refractivity contribution in [3.63, 3.8) is 0 Å². The van der Waals surface area contributed by atoms with Crippen LogP contribution in [-0.2, 0) is 6.18 Å². The molecule has 9 heteroatoms. The van der Waals surface area contributed by atoms with Gasteiger partial charge < -0.3 is 14.6 Å². The highest BCUT2D eigenvalue weighted by molar-refractivity contribution is 7.09. The zero-order chi connectivity index (χ0) is 16.9. The van der Waals surface area contributed by atoms with Crippen LogP contribution in [0.2, 0.25) is 0 Å². The minimum atomic E-state index is -4.97. The zero-order valence-electron chi connectivity index (χ0n) is 11.4. The summed E-state index contributed by atoms with van der Waals surface area (Å²) in [5.41, 5.74) is -2.58. The zero-order valence-corrected chi connectivity index (χ0v) is 12.2. The van der Waals surface area contributed by atoms with Crippen molar-refractivity contribution in [2.24, 2.45) is 0 Å². The van der Waals surface area contributed by atoms with Crippen LogP contribution in [0.25, 0.3) is 22.2 Å². The fraction of sp³-hybridized carbons (Fsp3) is 0.143. The van der Waals surface area contributed by atoms with E-state index in [1.165, 1.54) is 5.38 Å². The maximum Gasteiger partial charge on any atom is 0.450 e. The van der Waals surface area contributed by atoms with Crippen LogP contribution in [0.3, 0.4) is 0 Å². The Morgan fingerprint density at radius 1 is 1.26 bits per heavy atom. The van der Waals surface area contributed by atoms with E-state index in [0.29, 0.717) is 5.01 Å². The monoisotopic (exact) mass is 343 g/mol. The van der Waals surface area contributed by atoms with Crippen LogP contribution in [0.5, 0.6) is 11.5 Å². The highest BCUT2D eigenvalue weighted by Gasteiger charge is 2.40. The summed E-state index contributed by atoms with van der Waals surface area (Å²) in [5.74, 6) is -3.18. The summed E-state index contributed by atoms with van der Waals surface area (Å²) in [5, 5.41) is 20.6.